The highest BCUT2D eigenvalue weighted by atomic mass is 79.9. The first kappa shape index (κ1) is 27.3. The van der Waals surface area contributed by atoms with Crippen LogP contribution in [0.15, 0.2) is 30.3 Å². The van der Waals surface area contributed by atoms with Crippen molar-refractivity contribution in [3.05, 3.63) is 35.9 Å². The topological polar surface area (TPSA) is 78.9 Å². The second-order valence-corrected chi connectivity index (χ2v) is 8.07. The Balaban J connectivity index is 0. The van der Waals surface area contributed by atoms with Gasteiger partial charge in [0.15, 0.2) is 0 Å². The van der Waals surface area contributed by atoms with E-state index in [1.54, 1.807) is 0 Å². The fourth-order valence-corrected chi connectivity index (χ4v) is 1.92. The second kappa shape index (κ2) is 13.3. The number of carbonyl (C=O) groups excluding carboxylic acids is 3. The van der Waals surface area contributed by atoms with E-state index < -0.39 is 4.88 Å². The van der Waals surface area contributed by atoms with Crippen LogP contribution in [0.5, 0.6) is 0 Å². The summed E-state index contributed by atoms with van der Waals surface area (Å²) in [6.07, 6.45) is 0. The molecule has 6 nitrogen and oxygen atoms in total. The summed E-state index contributed by atoms with van der Waals surface area (Å²) >= 11 is 2.65. The number of benzene rings is 1. The summed E-state index contributed by atoms with van der Waals surface area (Å²) in [4.78, 5) is 30.4. The molecule has 0 saturated heterocycles. The third-order valence-electron chi connectivity index (χ3n) is 2.12. The first-order valence-corrected chi connectivity index (χ1v) is 9.17. The Morgan fingerprint density at radius 1 is 0.815 bits per heavy atom. The lowest BCUT2D eigenvalue weighted by Gasteiger charge is -2.17. The number of esters is 2. The van der Waals surface area contributed by atoms with Gasteiger partial charge in [-0.2, -0.15) is 0 Å². The summed E-state index contributed by atoms with van der Waals surface area (Å²) in [5, 5.41) is 0. The Morgan fingerprint density at radius 2 is 1.26 bits per heavy atom. The van der Waals surface area contributed by atoms with Crippen LogP contribution >= 0.6 is 15.9 Å². The van der Waals surface area contributed by atoms with Crippen molar-refractivity contribution in [1.29, 1.82) is 0 Å². The number of ether oxygens (including phenoxy) is 3. The van der Waals surface area contributed by atoms with Gasteiger partial charge in [0, 0.05) is 29.8 Å². The Morgan fingerprint density at radius 3 is 1.48 bits per heavy atom. The van der Waals surface area contributed by atoms with Crippen LogP contribution in [0, 0.1) is 0 Å². The van der Waals surface area contributed by atoms with E-state index in [1.165, 1.54) is 13.8 Å². The van der Waals surface area contributed by atoms with Gasteiger partial charge in [0.2, 0.25) is 0 Å². The van der Waals surface area contributed by atoms with Crippen molar-refractivity contribution in [3.63, 3.8) is 0 Å². The molecule has 0 fully saturated rings. The maximum Gasteiger partial charge on any atom is 0.375 e. The van der Waals surface area contributed by atoms with Crippen LogP contribution in [0.2, 0.25) is 0 Å². The van der Waals surface area contributed by atoms with E-state index in [4.69, 9.17) is 14.2 Å². The number of halogens is 1. The Hall–Kier alpha value is -1.89. The molecule has 0 amide bonds. The summed E-state index contributed by atoms with van der Waals surface area (Å²) in [5.41, 5.74) is 0.314. The molecule has 0 unspecified atom stereocenters. The minimum atomic E-state index is -0.412. The van der Waals surface area contributed by atoms with E-state index >= 15 is 0 Å². The highest BCUT2D eigenvalue weighted by molar-refractivity contribution is 9.18. The van der Waals surface area contributed by atoms with Gasteiger partial charge in [-0.15, -0.1) is 0 Å². The van der Waals surface area contributed by atoms with Crippen LogP contribution in [0.1, 0.15) is 61.0 Å². The van der Waals surface area contributed by atoms with Gasteiger partial charge in [0.25, 0.3) is 0 Å². The van der Waals surface area contributed by atoms with E-state index in [-0.39, 0.29) is 23.1 Å². The SMILES string of the molecule is CC(=O)OC(C)(C)C.CC(=O)OCc1ccccc1.CC(C)(C)OC(=O)Br. The van der Waals surface area contributed by atoms with Gasteiger partial charge in [-0.25, -0.2) is 4.79 Å². The predicted molar refractivity (Wildman–Crippen MR) is 109 cm³/mol. The normalized spacial score (nSPS) is 10.3. The molecule has 1 rings (SSSR count). The predicted octanol–water partition coefficient (Wildman–Crippen LogP) is 5.41. The number of hydrogen-bond donors (Lipinski definition) is 0. The molecule has 154 valence electrons. The summed E-state index contributed by atoms with van der Waals surface area (Å²) in [6.45, 7) is 14.1. The van der Waals surface area contributed by atoms with Gasteiger partial charge < -0.3 is 14.2 Å². The van der Waals surface area contributed by atoms with Gasteiger partial charge in [0.05, 0.1) is 0 Å². The lowest BCUT2D eigenvalue weighted by molar-refractivity contribution is -0.152. The summed E-state index contributed by atoms with van der Waals surface area (Å²) in [7, 11) is 0. The Labute approximate surface area is 170 Å². The van der Waals surface area contributed by atoms with Crippen molar-refractivity contribution in [2.24, 2.45) is 0 Å². The van der Waals surface area contributed by atoms with Gasteiger partial charge >= 0.3 is 16.8 Å². The molecule has 0 saturated carbocycles. The highest BCUT2D eigenvalue weighted by Gasteiger charge is 2.13. The molecule has 0 atom stereocenters. The van der Waals surface area contributed by atoms with Gasteiger partial charge in [-0.3, -0.25) is 9.59 Å². The van der Waals surface area contributed by atoms with Crippen LogP contribution in [-0.4, -0.2) is 28.0 Å². The molecule has 0 radical (unpaired) electrons. The van der Waals surface area contributed by atoms with Gasteiger partial charge in [-0.05, 0) is 47.1 Å². The first-order valence-electron chi connectivity index (χ1n) is 8.37. The number of rotatable bonds is 2. The van der Waals surface area contributed by atoms with Crippen molar-refractivity contribution in [2.75, 3.05) is 0 Å². The molecule has 0 aliphatic rings. The van der Waals surface area contributed by atoms with Gasteiger partial charge in [-0.1, -0.05) is 30.3 Å². The number of carbonyl (C=O) groups is 3. The van der Waals surface area contributed by atoms with E-state index in [0.29, 0.717) is 6.61 Å². The quantitative estimate of drug-likeness (QED) is 0.343. The monoisotopic (exact) mass is 446 g/mol. The highest BCUT2D eigenvalue weighted by Crippen LogP contribution is 2.09. The molecule has 27 heavy (non-hydrogen) atoms. The maximum atomic E-state index is 10.4. The lowest BCUT2D eigenvalue weighted by Crippen LogP contribution is -2.21. The zero-order chi connectivity index (χ0) is 21.7. The van der Waals surface area contributed by atoms with Crippen LogP contribution in [0.4, 0.5) is 4.79 Å². The first-order chi connectivity index (χ1) is 12.1. The largest absolute Gasteiger partial charge is 0.461 e. The van der Waals surface area contributed by atoms with E-state index in [0.717, 1.165) is 5.56 Å². The summed E-state index contributed by atoms with van der Waals surface area (Å²) < 4.78 is 14.3. The zero-order valence-electron chi connectivity index (χ0n) is 17.4. The molecule has 1 aromatic carbocycles. The van der Waals surface area contributed by atoms with E-state index in [2.05, 4.69) is 15.9 Å². The Kier molecular flexibility index (Phi) is 13.5. The fraction of sp³-hybridized carbons (Fsp3) is 0.550. The fourth-order valence-electron chi connectivity index (χ4n) is 1.43. The standard InChI is InChI=1S/C9H10O2.C6H12O2.C5H9BrO2/c1-8(10)11-7-9-5-3-2-4-6-9;1-5(7)8-6(2,3)4;1-5(2,3)8-4(6)7/h2-6H,7H2,1H3;1-4H3;1-3H3. The molecule has 0 heterocycles. The van der Waals surface area contributed by atoms with E-state index in [1.807, 2.05) is 71.9 Å². The van der Waals surface area contributed by atoms with Crippen molar-refractivity contribution in [3.8, 4) is 0 Å². The average Bonchev–Trinajstić information content (AvgIpc) is 2.42. The van der Waals surface area contributed by atoms with Crippen molar-refractivity contribution < 1.29 is 28.6 Å². The molecular formula is C20H31BrO6. The van der Waals surface area contributed by atoms with E-state index in [9.17, 15) is 14.4 Å². The molecule has 0 aromatic heterocycles. The van der Waals surface area contributed by atoms with Crippen LogP contribution in [-0.2, 0) is 30.4 Å². The third kappa shape index (κ3) is 26.4. The molecule has 0 bridgehead atoms. The molecular weight excluding hydrogens is 416 g/mol. The second-order valence-electron chi connectivity index (χ2n) is 7.42. The zero-order valence-corrected chi connectivity index (χ0v) is 19.0. The molecule has 7 heteroatoms. The molecule has 0 N–H and O–H groups in total. The Bertz CT molecular complexity index is 544. The molecule has 1 aromatic rings. The molecule has 0 spiro atoms. The minimum Gasteiger partial charge on any atom is -0.461 e. The van der Waals surface area contributed by atoms with Crippen LogP contribution in [0.3, 0.4) is 0 Å². The van der Waals surface area contributed by atoms with Crippen molar-refractivity contribution >= 4 is 32.7 Å². The third-order valence-corrected chi connectivity index (χ3v) is 2.28. The van der Waals surface area contributed by atoms with Crippen LogP contribution < -0.4 is 0 Å². The smallest absolute Gasteiger partial charge is 0.375 e. The average molecular weight is 447 g/mol. The summed E-state index contributed by atoms with van der Waals surface area (Å²) in [5.74, 6) is -0.466. The van der Waals surface area contributed by atoms with Gasteiger partial charge in [0.1, 0.15) is 17.8 Å². The van der Waals surface area contributed by atoms with Crippen molar-refractivity contribution in [2.45, 2.75) is 73.2 Å². The molecule has 0 aliphatic heterocycles. The lowest BCUT2D eigenvalue weighted by atomic mass is 10.2. The van der Waals surface area contributed by atoms with Crippen molar-refractivity contribution in [1.82, 2.24) is 0 Å². The number of hydrogen-bond acceptors (Lipinski definition) is 6. The van der Waals surface area contributed by atoms with Crippen LogP contribution in [0.25, 0.3) is 0 Å². The minimum absolute atomic E-state index is 0.225. The summed E-state index contributed by atoms with van der Waals surface area (Å²) in [6, 6.07) is 9.60. The maximum absolute atomic E-state index is 10.4. The molecule has 0 aliphatic carbocycles.